The fraction of sp³-hybridized carbons (Fsp3) is 0.176. The number of hydrogen-bond donors (Lipinski definition) is 0. The van der Waals surface area contributed by atoms with Gasteiger partial charge >= 0.3 is 7.60 Å². The first kappa shape index (κ1) is 15.6. The van der Waals surface area contributed by atoms with Gasteiger partial charge in [-0.05, 0) is 12.5 Å². The van der Waals surface area contributed by atoms with Crippen LogP contribution in [0.1, 0.15) is 18.1 Å². The largest absolute Gasteiger partial charge is 0.424 e. The zero-order valence-electron chi connectivity index (χ0n) is 12.1. The van der Waals surface area contributed by atoms with E-state index in [1.54, 1.807) is 6.92 Å². The molecule has 0 aromatic heterocycles. The minimum Gasteiger partial charge on any atom is -0.424 e. The van der Waals surface area contributed by atoms with Gasteiger partial charge in [-0.25, -0.2) is 4.57 Å². The molecule has 0 N–H and O–H groups in total. The van der Waals surface area contributed by atoms with Crippen LogP contribution < -0.4 is 0 Å². The van der Waals surface area contributed by atoms with Gasteiger partial charge in [-0.1, -0.05) is 67.2 Å². The van der Waals surface area contributed by atoms with Gasteiger partial charge in [-0.15, -0.1) is 0 Å². The van der Waals surface area contributed by atoms with Crippen LogP contribution in [0.4, 0.5) is 0 Å². The molecule has 0 saturated heterocycles. The fourth-order valence-electron chi connectivity index (χ4n) is 1.95. The van der Waals surface area contributed by atoms with E-state index in [0.717, 1.165) is 11.1 Å². The van der Waals surface area contributed by atoms with E-state index in [0.29, 0.717) is 12.4 Å². The minimum absolute atomic E-state index is 0.230. The molecule has 0 aliphatic rings. The van der Waals surface area contributed by atoms with E-state index in [4.69, 9.17) is 9.05 Å². The number of benzene rings is 2. The average molecular weight is 302 g/mol. The Hall–Kier alpha value is -1.83. The summed E-state index contributed by atoms with van der Waals surface area (Å²) in [6.45, 7) is 5.98. The van der Waals surface area contributed by atoms with Gasteiger partial charge in [0.1, 0.15) is 5.76 Å². The molecular weight excluding hydrogens is 283 g/mol. The summed E-state index contributed by atoms with van der Waals surface area (Å²) in [6.07, 6.45) is 0.230. The smallest absolute Gasteiger partial charge is 0.383 e. The quantitative estimate of drug-likeness (QED) is 0.527. The molecule has 0 aliphatic heterocycles. The zero-order chi connectivity index (χ0) is 15.1. The highest BCUT2D eigenvalue weighted by molar-refractivity contribution is 7.53. The Bertz CT molecular complexity index is 623. The van der Waals surface area contributed by atoms with Crippen molar-refractivity contribution in [1.29, 1.82) is 0 Å². The summed E-state index contributed by atoms with van der Waals surface area (Å²) in [5, 5.41) is 0. The molecule has 2 aromatic rings. The van der Waals surface area contributed by atoms with E-state index in [1.165, 1.54) is 0 Å². The van der Waals surface area contributed by atoms with Crippen molar-refractivity contribution in [3.63, 3.8) is 0 Å². The molecule has 110 valence electrons. The molecule has 2 aromatic carbocycles. The van der Waals surface area contributed by atoms with Crippen LogP contribution in [0.3, 0.4) is 0 Å². The lowest BCUT2D eigenvalue weighted by molar-refractivity contribution is 0.268. The molecule has 0 amide bonds. The van der Waals surface area contributed by atoms with Crippen LogP contribution in [-0.2, 0) is 19.8 Å². The van der Waals surface area contributed by atoms with Crippen LogP contribution in [0.15, 0.2) is 67.2 Å². The summed E-state index contributed by atoms with van der Waals surface area (Å²) in [6, 6.07) is 18.9. The molecule has 1 atom stereocenters. The SMILES string of the molecule is C=C(OP(=O)(Cc1ccccc1)OCC)c1ccccc1. The molecule has 0 fully saturated rings. The second-order valence-corrected chi connectivity index (χ2v) is 6.53. The predicted octanol–water partition coefficient (Wildman–Crippen LogP) is 5.10. The third-order valence-electron chi connectivity index (χ3n) is 2.89. The van der Waals surface area contributed by atoms with Crippen LogP contribution in [-0.4, -0.2) is 6.61 Å². The van der Waals surface area contributed by atoms with Crippen molar-refractivity contribution in [3.8, 4) is 0 Å². The first-order valence-corrected chi connectivity index (χ1v) is 8.57. The topological polar surface area (TPSA) is 35.5 Å². The third kappa shape index (κ3) is 4.59. The maximum Gasteiger partial charge on any atom is 0.383 e. The second-order valence-electron chi connectivity index (χ2n) is 4.55. The van der Waals surface area contributed by atoms with Crippen molar-refractivity contribution in [3.05, 3.63) is 78.4 Å². The molecule has 21 heavy (non-hydrogen) atoms. The Balaban J connectivity index is 2.14. The summed E-state index contributed by atoms with van der Waals surface area (Å²) in [5.74, 6) is 0.364. The summed E-state index contributed by atoms with van der Waals surface area (Å²) in [4.78, 5) is 0. The van der Waals surface area contributed by atoms with E-state index >= 15 is 0 Å². The molecule has 3 nitrogen and oxygen atoms in total. The van der Waals surface area contributed by atoms with Gasteiger partial charge in [0.15, 0.2) is 0 Å². The number of rotatable bonds is 7. The normalized spacial score (nSPS) is 13.4. The van der Waals surface area contributed by atoms with Crippen LogP contribution in [0.5, 0.6) is 0 Å². The maximum atomic E-state index is 12.9. The Labute approximate surface area is 125 Å². The van der Waals surface area contributed by atoms with Gasteiger partial charge in [0.25, 0.3) is 0 Å². The van der Waals surface area contributed by atoms with Gasteiger partial charge in [-0.2, -0.15) is 0 Å². The first-order valence-electron chi connectivity index (χ1n) is 6.84. The fourth-order valence-corrected chi connectivity index (χ4v) is 3.65. The molecule has 0 heterocycles. The van der Waals surface area contributed by atoms with E-state index in [9.17, 15) is 4.57 Å². The first-order chi connectivity index (χ1) is 10.1. The van der Waals surface area contributed by atoms with Crippen LogP contribution in [0.2, 0.25) is 0 Å². The second kappa shape index (κ2) is 7.26. The zero-order valence-corrected chi connectivity index (χ0v) is 13.0. The van der Waals surface area contributed by atoms with E-state index in [-0.39, 0.29) is 6.16 Å². The molecule has 0 saturated carbocycles. The summed E-state index contributed by atoms with van der Waals surface area (Å²) in [5.41, 5.74) is 1.71. The lowest BCUT2D eigenvalue weighted by Gasteiger charge is -2.20. The molecule has 0 aliphatic carbocycles. The standard InChI is InChI=1S/C17H19O3P/c1-3-19-21(18,14-16-10-6-4-7-11-16)20-15(2)17-12-8-5-9-13-17/h4-13H,2-3,14H2,1H3. The van der Waals surface area contributed by atoms with Crippen LogP contribution in [0.25, 0.3) is 5.76 Å². The lowest BCUT2D eigenvalue weighted by atomic mass is 10.2. The molecular formula is C17H19O3P. The average Bonchev–Trinajstić information content (AvgIpc) is 2.49. The van der Waals surface area contributed by atoms with Crippen LogP contribution >= 0.6 is 7.60 Å². The number of hydrogen-bond acceptors (Lipinski definition) is 3. The highest BCUT2D eigenvalue weighted by atomic mass is 31.2. The highest BCUT2D eigenvalue weighted by Gasteiger charge is 2.27. The van der Waals surface area contributed by atoms with Crippen molar-refractivity contribution >= 4 is 13.4 Å². The Kier molecular flexibility index (Phi) is 5.38. The summed E-state index contributed by atoms with van der Waals surface area (Å²) in [7, 11) is -3.26. The van der Waals surface area contributed by atoms with Crippen molar-refractivity contribution in [2.45, 2.75) is 13.1 Å². The summed E-state index contributed by atoms with van der Waals surface area (Å²) >= 11 is 0. The molecule has 4 heteroatoms. The van der Waals surface area contributed by atoms with Crippen molar-refractivity contribution in [1.82, 2.24) is 0 Å². The minimum atomic E-state index is -3.26. The third-order valence-corrected chi connectivity index (χ3v) is 4.79. The predicted molar refractivity (Wildman–Crippen MR) is 85.9 cm³/mol. The molecule has 0 radical (unpaired) electrons. The Morgan fingerprint density at radius 2 is 1.62 bits per heavy atom. The van der Waals surface area contributed by atoms with Gasteiger partial charge in [0.05, 0.1) is 12.8 Å². The Morgan fingerprint density at radius 3 is 2.19 bits per heavy atom. The molecule has 2 rings (SSSR count). The molecule has 0 bridgehead atoms. The van der Waals surface area contributed by atoms with Crippen molar-refractivity contribution in [2.24, 2.45) is 0 Å². The van der Waals surface area contributed by atoms with E-state index in [2.05, 4.69) is 6.58 Å². The van der Waals surface area contributed by atoms with Gasteiger partial charge in [-0.3, -0.25) is 4.52 Å². The maximum absolute atomic E-state index is 12.9. The monoisotopic (exact) mass is 302 g/mol. The van der Waals surface area contributed by atoms with Gasteiger partial charge in [0.2, 0.25) is 0 Å². The van der Waals surface area contributed by atoms with Gasteiger partial charge < -0.3 is 4.52 Å². The van der Waals surface area contributed by atoms with Gasteiger partial charge in [0, 0.05) is 5.56 Å². The van der Waals surface area contributed by atoms with E-state index < -0.39 is 7.60 Å². The van der Waals surface area contributed by atoms with Crippen LogP contribution in [0, 0.1) is 0 Å². The van der Waals surface area contributed by atoms with E-state index in [1.807, 2.05) is 60.7 Å². The summed E-state index contributed by atoms with van der Waals surface area (Å²) < 4.78 is 23.9. The molecule has 0 spiro atoms. The highest BCUT2D eigenvalue weighted by Crippen LogP contribution is 2.54. The lowest BCUT2D eigenvalue weighted by Crippen LogP contribution is -1.99. The van der Waals surface area contributed by atoms with Crippen molar-refractivity contribution in [2.75, 3.05) is 6.61 Å². The molecule has 1 unspecified atom stereocenters. The van der Waals surface area contributed by atoms with Crippen molar-refractivity contribution < 1.29 is 13.6 Å². The Morgan fingerprint density at radius 1 is 1.05 bits per heavy atom.